The number of methoxy groups -OCH3 is 1. The van der Waals surface area contributed by atoms with Crippen molar-refractivity contribution in [3.05, 3.63) is 23.8 Å². The molecule has 0 aromatic heterocycles. The number of piperidine rings is 1. The lowest BCUT2D eigenvalue weighted by atomic mass is 10.1. The van der Waals surface area contributed by atoms with Gasteiger partial charge in [-0.15, -0.1) is 12.4 Å². The second-order valence-corrected chi connectivity index (χ2v) is 8.15. The average Bonchev–Trinajstić information content (AvgIpc) is 3.47. The number of amides is 2. The molecule has 3 fully saturated rings. The third-order valence-corrected chi connectivity index (χ3v) is 6.22. The van der Waals surface area contributed by atoms with E-state index < -0.39 is 0 Å². The van der Waals surface area contributed by atoms with Crippen molar-refractivity contribution < 1.29 is 19.1 Å². The van der Waals surface area contributed by atoms with Gasteiger partial charge >= 0.3 is 0 Å². The Morgan fingerprint density at radius 1 is 1.00 bits per heavy atom. The summed E-state index contributed by atoms with van der Waals surface area (Å²) in [6, 6.07) is 5.41. The van der Waals surface area contributed by atoms with Crippen LogP contribution >= 0.6 is 12.4 Å². The minimum Gasteiger partial charge on any atom is -0.497 e. The second-order valence-electron chi connectivity index (χ2n) is 8.15. The van der Waals surface area contributed by atoms with Crippen molar-refractivity contribution >= 4 is 24.2 Å². The molecule has 8 heteroatoms. The van der Waals surface area contributed by atoms with Gasteiger partial charge in [0.05, 0.1) is 18.7 Å². The molecule has 0 saturated carbocycles. The lowest BCUT2D eigenvalue weighted by Crippen LogP contribution is -2.48. The van der Waals surface area contributed by atoms with Gasteiger partial charge in [0.2, 0.25) is 5.91 Å². The van der Waals surface area contributed by atoms with Crippen LogP contribution in [0.25, 0.3) is 0 Å². The van der Waals surface area contributed by atoms with Crippen molar-refractivity contribution in [2.24, 2.45) is 0 Å². The van der Waals surface area contributed by atoms with Gasteiger partial charge in [-0.25, -0.2) is 0 Å². The van der Waals surface area contributed by atoms with Crippen LogP contribution in [-0.4, -0.2) is 73.6 Å². The summed E-state index contributed by atoms with van der Waals surface area (Å²) in [5, 5.41) is 3.29. The first kappa shape index (κ1) is 22.7. The molecular formula is C22H32ClN3O4. The summed E-state index contributed by atoms with van der Waals surface area (Å²) < 4.78 is 11.6. The first-order chi connectivity index (χ1) is 14.2. The molecule has 4 rings (SSSR count). The smallest absolute Gasteiger partial charge is 0.257 e. The number of nitrogens with zero attached hydrogens (tertiary/aromatic N) is 2. The summed E-state index contributed by atoms with van der Waals surface area (Å²) in [4.78, 5) is 29.4. The second kappa shape index (κ2) is 10.4. The molecule has 30 heavy (non-hydrogen) atoms. The Kier molecular flexibility index (Phi) is 7.83. The van der Waals surface area contributed by atoms with Crippen LogP contribution in [0.1, 0.15) is 48.9 Å². The summed E-state index contributed by atoms with van der Waals surface area (Å²) >= 11 is 0. The Bertz CT molecular complexity index is 740. The van der Waals surface area contributed by atoms with Crippen molar-refractivity contribution in [2.75, 3.05) is 39.8 Å². The summed E-state index contributed by atoms with van der Waals surface area (Å²) in [6.45, 7) is 3.93. The van der Waals surface area contributed by atoms with E-state index in [1.807, 2.05) is 21.9 Å². The van der Waals surface area contributed by atoms with E-state index in [4.69, 9.17) is 9.47 Å². The Morgan fingerprint density at radius 2 is 1.73 bits per heavy atom. The van der Waals surface area contributed by atoms with E-state index in [9.17, 15) is 9.59 Å². The number of hydrogen-bond acceptors (Lipinski definition) is 5. The van der Waals surface area contributed by atoms with Crippen LogP contribution in [0.3, 0.4) is 0 Å². The molecule has 0 bridgehead atoms. The van der Waals surface area contributed by atoms with Crippen LogP contribution in [-0.2, 0) is 4.79 Å². The summed E-state index contributed by atoms with van der Waals surface area (Å²) in [6.07, 6.45) is 5.65. The molecule has 166 valence electrons. The molecule has 1 N–H and O–H groups in total. The zero-order valence-corrected chi connectivity index (χ0v) is 18.4. The molecular weight excluding hydrogens is 406 g/mol. The van der Waals surface area contributed by atoms with Gasteiger partial charge in [-0.05, 0) is 44.4 Å². The molecule has 3 aliphatic rings. The minimum atomic E-state index is -0.0180. The number of nitrogens with one attached hydrogen (secondary N) is 1. The van der Waals surface area contributed by atoms with Crippen LogP contribution in [0.15, 0.2) is 18.2 Å². The summed E-state index contributed by atoms with van der Waals surface area (Å²) in [7, 11) is 1.61. The SMILES string of the molecule is COc1ccc(C(=O)N2CCCC2)c(OC2CCN(C(=O)C3CCCN3)CC2)c1.Cl. The number of benzene rings is 1. The average molecular weight is 438 g/mol. The van der Waals surface area contributed by atoms with Crippen LogP contribution in [0.2, 0.25) is 0 Å². The van der Waals surface area contributed by atoms with Crippen LogP contribution in [0.5, 0.6) is 11.5 Å². The van der Waals surface area contributed by atoms with Crippen LogP contribution < -0.4 is 14.8 Å². The van der Waals surface area contributed by atoms with Crippen LogP contribution in [0, 0.1) is 0 Å². The topological polar surface area (TPSA) is 71.1 Å². The first-order valence-corrected chi connectivity index (χ1v) is 10.8. The molecule has 3 aliphatic heterocycles. The van der Waals surface area contributed by atoms with Crippen molar-refractivity contribution in [2.45, 2.75) is 50.7 Å². The minimum absolute atomic E-state index is 0. The monoisotopic (exact) mass is 437 g/mol. The molecule has 0 spiro atoms. The summed E-state index contributed by atoms with van der Waals surface area (Å²) in [5.41, 5.74) is 0.598. The van der Waals surface area contributed by atoms with Gasteiger partial charge in [0.15, 0.2) is 0 Å². The van der Waals surface area contributed by atoms with E-state index >= 15 is 0 Å². The molecule has 1 aromatic carbocycles. The highest BCUT2D eigenvalue weighted by atomic mass is 35.5. The molecule has 3 saturated heterocycles. The number of halogens is 1. The van der Waals surface area contributed by atoms with Gasteiger partial charge in [0, 0.05) is 45.1 Å². The molecule has 1 atom stereocenters. The number of rotatable bonds is 5. The van der Waals surface area contributed by atoms with Crippen molar-refractivity contribution in [3.63, 3.8) is 0 Å². The normalized spacial score (nSPS) is 22.0. The highest BCUT2D eigenvalue weighted by Gasteiger charge is 2.31. The van der Waals surface area contributed by atoms with E-state index in [2.05, 4.69) is 5.32 Å². The van der Waals surface area contributed by atoms with Crippen molar-refractivity contribution in [1.29, 1.82) is 0 Å². The zero-order chi connectivity index (χ0) is 20.2. The third kappa shape index (κ3) is 5.01. The maximum absolute atomic E-state index is 12.9. The highest BCUT2D eigenvalue weighted by molar-refractivity contribution is 5.97. The molecule has 1 unspecified atom stereocenters. The fourth-order valence-electron chi connectivity index (χ4n) is 4.48. The first-order valence-electron chi connectivity index (χ1n) is 10.8. The lowest BCUT2D eigenvalue weighted by Gasteiger charge is -2.34. The number of carbonyl (C=O) groups is 2. The van der Waals surface area contributed by atoms with Crippen molar-refractivity contribution in [3.8, 4) is 11.5 Å². The molecule has 2 amide bonds. The number of carbonyl (C=O) groups excluding carboxylic acids is 2. The predicted molar refractivity (Wildman–Crippen MR) is 117 cm³/mol. The van der Waals surface area contributed by atoms with Crippen LogP contribution in [0.4, 0.5) is 0 Å². The zero-order valence-electron chi connectivity index (χ0n) is 17.6. The van der Waals surface area contributed by atoms with E-state index in [-0.39, 0.29) is 36.4 Å². The molecule has 7 nitrogen and oxygen atoms in total. The lowest BCUT2D eigenvalue weighted by molar-refractivity contribution is -0.134. The van der Waals surface area contributed by atoms with E-state index in [0.29, 0.717) is 30.2 Å². The maximum atomic E-state index is 12.9. The fraction of sp³-hybridized carbons (Fsp3) is 0.636. The van der Waals surface area contributed by atoms with E-state index in [1.54, 1.807) is 13.2 Å². The van der Waals surface area contributed by atoms with Crippen molar-refractivity contribution in [1.82, 2.24) is 15.1 Å². The predicted octanol–water partition coefficient (Wildman–Crippen LogP) is 2.47. The highest BCUT2D eigenvalue weighted by Crippen LogP contribution is 2.30. The Hall–Kier alpha value is -1.99. The molecule has 0 radical (unpaired) electrons. The Balaban J connectivity index is 0.00000256. The van der Waals surface area contributed by atoms with Gasteiger partial charge in [-0.2, -0.15) is 0 Å². The molecule has 0 aliphatic carbocycles. The molecule has 1 aromatic rings. The Labute approximate surface area is 184 Å². The summed E-state index contributed by atoms with van der Waals surface area (Å²) in [5.74, 6) is 1.51. The van der Waals surface area contributed by atoms with E-state index in [0.717, 1.165) is 58.2 Å². The van der Waals surface area contributed by atoms with Gasteiger partial charge in [-0.1, -0.05) is 0 Å². The van der Waals surface area contributed by atoms with Gasteiger partial charge in [0.1, 0.15) is 17.6 Å². The standard InChI is InChI=1S/C22H31N3O4.ClH/c1-28-17-6-7-18(21(26)24-11-2-3-12-24)20(15-17)29-16-8-13-25(14-9-16)22(27)19-5-4-10-23-19;/h6-7,15-16,19,23H,2-5,8-14H2,1H3;1H. The third-order valence-electron chi connectivity index (χ3n) is 6.22. The van der Waals surface area contributed by atoms with Gasteiger partial charge in [0.25, 0.3) is 5.91 Å². The number of hydrogen-bond donors (Lipinski definition) is 1. The molecule has 3 heterocycles. The number of likely N-dealkylation sites (tertiary alicyclic amines) is 2. The number of ether oxygens (including phenoxy) is 2. The van der Waals surface area contributed by atoms with Gasteiger partial charge < -0.3 is 24.6 Å². The largest absolute Gasteiger partial charge is 0.497 e. The maximum Gasteiger partial charge on any atom is 0.257 e. The fourth-order valence-corrected chi connectivity index (χ4v) is 4.48. The van der Waals surface area contributed by atoms with Gasteiger partial charge in [-0.3, -0.25) is 9.59 Å². The van der Waals surface area contributed by atoms with E-state index in [1.165, 1.54) is 0 Å². The Morgan fingerprint density at radius 3 is 2.37 bits per heavy atom. The quantitative estimate of drug-likeness (QED) is 0.766.